The predicted molar refractivity (Wildman–Crippen MR) is 130 cm³/mol. The minimum absolute atomic E-state index is 0.0510. The van der Waals surface area contributed by atoms with E-state index in [1.54, 1.807) is 18.3 Å². The first-order chi connectivity index (χ1) is 16.5. The molecule has 0 amide bonds. The number of carboxylic acids is 1. The Balaban J connectivity index is 1.52. The van der Waals surface area contributed by atoms with E-state index in [0.29, 0.717) is 30.4 Å². The van der Waals surface area contributed by atoms with Crippen LogP contribution in [0.1, 0.15) is 90.7 Å². The summed E-state index contributed by atoms with van der Waals surface area (Å²) in [6.07, 6.45) is 10.9. The summed E-state index contributed by atoms with van der Waals surface area (Å²) in [5.74, 6) is 0.696. The predicted octanol–water partition coefficient (Wildman–Crippen LogP) is 5.58. The van der Waals surface area contributed by atoms with Gasteiger partial charge >= 0.3 is 5.97 Å². The molecule has 0 aliphatic heterocycles. The van der Waals surface area contributed by atoms with Crippen LogP contribution in [-0.4, -0.2) is 36.6 Å². The quantitative estimate of drug-likeness (QED) is 0.397. The topological polar surface area (TPSA) is 98.0 Å². The van der Waals surface area contributed by atoms with E-state index in [-0.39, 0.29) is 11.3 Å². The molecule has 0 unspecified atom stereocenters. The van der Waals surface area contributed by atoms with E-state index in [9.17, 15) is 14.7 Å². The number of aryl methyl sites for hydroxylation is 1. The molecule has 7 heteroatoms. The molecule has 0 atom stereocenters. The third kappa shape index (κ3) is 5.76. The fourth-order valence-electron chi connectivity index (χ4n) is 4.63. The SMILES string of the molecule is CCCCc1nc(C(=O)CC2CCCCC2)nn1Cc1ccc(-c2ncccc2C(=O)O)cc1. The summed E-state index contributed by atoms with van der Waals surface area (Å²) >= 11 is 0. The highest BCUT2D eigenvalue weighted by Gasteiger charge is 2.22. The van der Waals surface area contributed by atoms with Gasteiger partial charge in [-0.05, 0) is 30.0 Å². The Bertz CT molecular complexity index is 1130. The number of hydrogen-bond donors (Lipinski definition) is 1. The molecule has 4 rings (SSSR count). The number of Topliss-reactive ketones (excluding diaryl/α,β-unsaturated/α-hetero) is 1. The normalized spacial score (nSPS) is 14.3. The van der Waals surface area contributed by atoms with Gasteiger partial charge in [-0.25, -0.2) is 14.5 Å². The van der Waals surface area contributed by atoms with Gasteiger partial charge in [0.1, 0.15) is 5.82 Å². The number of carboxylic acid groups (broad SMARTS) is 1. The summed E-state index contributed by atoms with van der Waals surface area (Å²) in [7, 11) is 0. The van der Waals surface area contributed by atoms with Crippen LogP contribution in [-0.2, 0) is 13.0 Å². The second-order valence-electron chi connectivity index (χ2n) is 9.15. The number of benzene rings is 1. The van der Waals surface area contributed by atoms with E-state index >= 15 is 0 Å². The highest BCUT2D eigenvalue weighted by atomic mass is 16.4. The smallest absolute Gasteiger partial charge is 0.337 e. The van der Waals surface area contributed by atoms with Gasteiger partial charge in [0.05, 0.1) is 17.8 Å². The van der Waals surface area contributed by atoms with Crippen molar-refractivity contribution in [3.8, 4) is 11.3 Å². The van der Waals surface area contributed by atoms with Gasteiger partial charge in [0.15, 0.2) is 0 Å². The van der Waals surface area contributed by atoms with E-state index < -0.39 is 5.97 Å². The summed E-state index contributed by atoms with van der Waals surface area (Å²) in [5, 5.41) is 14.0. The summed E-state index contributed by atoms with van der Waals surface area (Å²) in [5.41, 5.74) is 2.37. The minimum atomic E-state index is -0.999. The molecular formula is C27H32N4O3. The van der Waals surface area contributed by atoms with E-state index in [1.807, 2.05) is 28.9 Å². The third-order valence-electron chi connectivity index (χ3n) is 6.55. The second kappa shape index (κ2) is 11.2. The van der Waals surface area contributed by atoms with E-state index in [0.717, 1.165) is 49.1 Å². The van der Waals surface area contributed by atoms with Crippen molar-refractivity contribution < 1.29 is 14.7 Å². The van der Waals surface area contributed by atoms with Crippen LogP contribution in [0, 0.1) is 5.92 Å². The maximum atomic E-state index is 12.9. The van der Waals surface area contributed by atoms with E-state index in [1.165, 1.54) is 19.3 Å². The first-order valence-corrected chi connectivity index (χ1v) is 12.3. The van der Waals surface area contributed by atoms with E-state index in [2.05, 4.69) is 22.0 Å². The van der Waals surface area contributed by atoms with Crippen LogP contribution in [0.15, 0.2) is 42.6 Å². The number of nitrogens with zero attached hydrogens (tertiary/aromatic N) is 4. The van der Waals surface area contributed by atoms with Gasteiger partial charge in [0.2, 0.25) is 11.6 Å². The largest absolute Gasteiger partial charge is 0.478 e. The molecule has 7 nitrogen and oxygen atoms in total. The molecule has 0 spiro atoms. The fourth-order valence-corrected chi connectivity index (χ4v) is 4.63. The maximum Gasteiger partial charge on any atom is 0.337 e. The first kappa shape index (κ1) is 23.8. The molecule has 3 aromatic rings. The van der Waals surface area contributed by atoms with Crippen molar-refractivity contribution in [3.05, 3.63) is 65.4 Å². The van der Waals surface area contributed by atoms with Crippen LogP contribution in [0.25, 0.3) is 11.3 Å². The number of aromatic carboxylic acids is 1. The average Bonchev–Trinajstić information content (AvgIpc) is 3.26. The highest BCUT2D eigenvalue weighted by Crippen LogP contribution is 2.27. The van der Waals surface area contributed by atoms with Crippen LogP contribution < -0.4 is 0 Å². The van der Waals surface area contributed by atoms with Crippen molar-refractivity contribution in [3.63, 3.8) is 0 Å². The molecule has 0 radical (unpaired) electrons. The van der Waals surface area contributed by atoms with Gasteiger partial charge in [-0.15, -0.1) is 5.10 Å². The summed E-state index contributed by atoms with van der Waals surface area (Å²) in [4.78, 5) is 33.3. The lowest BCUT2D eigenvalue weighted by molar-refractivity contribution is 0.0697. The number of carbonyl (C=O) groups excluding carboxylic acids is 1. The van der Waals surface area contributed by atoms with Gasteiger partial charge in [-0.3, -0.25) is 9.78 Å². The van der Waals surface area contributed by atoms with Crippen LogP contribution in [0.4, 0.5) is 0 Å². The Morgan fingerprint density at radius 2 is 1.85 bits per heavy atom. The van der Waals surface area contributed by atoms with Gasteiger partial charge in [0.25, 0.3) is 0 Å². The number of hydrogen-bond acceptors (Lipinski definition) is 5. The molecule has 0 bridgehead atoms. The number of ketones is 1. The molecule has 2 heterocycles. The number of rotatable bonds is 10. The summed E-state index contributed by atoms with van der Waals surface area (Å²) in [6, 6.07) is 10.8. The minimum Gasteiger partial charge on any atom is -0.478 e. The van der Waals surface area contributed by atoms with Crippen LogP contribution in [0.3, 0.4) is 0 Å². The Kier molecular flexibility index (Phi) is 7.83. The molecule has 1 aliphatic carbocycles. The van der Waals surface area contributed by atoms with Crippen molar-refractivity contribution >= 4 is 11.8 Å². The molecule has 1 aromatic carbocycles. The van der Waals surface area contributed by atoms with Gasteiger partial charge in [0, 0.05) is 24.6 Å². The molecule has 1 saturated carbocycles. The molecule has 34 heavy (non-hydrogen) atoms. The van der Waals surface area contributed by atoms with Crippen molar-refractivity contribution in [2.45, 2.75) is 71.3 Å². The lowest BCUT2D eigenvalue weighted by atomic mass is 9.86. The standard InChI is InChI=1S/C27H32N4O3/c1-2-3-11-24-29-26(23(32)17-19-8-5-4-6-9-19)30-31(24)18-20-12-14-21(15-13-20)25-22(27(33)34)10-7-16-28-25/h7,10,12-16,19H,2-6,8-9,11,17-18H2,1H3,(H,33,34). The molecule has 2 aromatic heterocycles. The van der Waals surface area contributed by atoms with Crippen molar-refractivity contribution in [2.24, 2.45) is 5.92 Å². The Labute approximate surface area is 200 Å². The van der Waals surface area contributed by atoms with Crippen molar-refractivity contribution in [1.29, 1.82) is 0 Å². The molecular weight excluding hydrogens is 428 g/mol. The molecule has 0 saturated heterocycles. The van der Waals surface area contributed by atoms with Gasteiger partial charge in [-0.2, -0.15) is 0 Å². The zero-order valence-electron chi connectivity index (χ0n) is 19.7. The number of aromatic nitrogens is 4. The van der Waals surface area contributed by atoms with Gasteiger partial charge < -0.3 is 5.11 Å². The van der Waals surface area contributed by atoms with Crippen LogP contribution in [0.5, 0.6) is 0 Å². The first-order valence-electron chi connectivity index (χ1n) is 12.3. The van der Waals surface area contributed by atoms with Crippen molar-refractivity contribution in [2.75, 3.05) is 0 Å². The number of carbonyl (C=O) groups is 2. The Hall–Kier alpha value is -3.35. The number of unbranched alkanes of at least 4 members (excludes halogenated alkanes) is 1. The summed E-state index contributed by atoms with van der Waals surface area (Å²) < 4.78 is 1.85. The third-order valence-corrected chi connectivity index (χ3v) is 6.55. The average molecular weight is 461 g/mol. The Morgan fingerprint density at radius 1 is 1.09 bits per heavy atom. The van der Waals surface area contributed by atoms with E-state index in [4.69, 9.17) is 0 Å². The monoisotopic (exact) mass is 460 g/mol. The van der Waals surface area contributed by atoms with Crippen LogP contribution >= 0.6 is 0 Å². The molecule has 1 N–H and O–H groups in total. The molecule has 178 valence electrons. The zero-order chi connectivity index (χ0) is 23.9. The van der Waals surface area contributed by atoms with Crippen LogP contribution in [0.2, 0.25) is 0 Å². The molecule has 1 fully saturated rings. The second-order valence-corrected chi connectivity index (χ2v) is 9.15. The molecule has 1 aliphatic rings. The zero-order valence-corrected chi connectivity index (χ0v) is 19.7. The van der Waals surface area contributed by atoms with Gasteiger partial charge in [-0.1, -0.05) is 69.7 Å². The lowest BCUT2D eigenvalue weighted by Crippen LogP contribution is -2.13. The lowest BCUT2D eigenvalue weighted by Gasteiger charge is -2.19. The number of pyridine rings is 1. The Morgan fingerprint density at radius 3 is 2.56 bits per heavy atom. The highest BCUT2D eigenvalue weighted by molar-refractivity contribution is 5.94. The fraction of sp³-hybridized carbons (Fsp3) is 0.444. The maximum absolute atomic E-state index is 12.9. The van der Waals surface area contributed by atoms with Crippen molar-refractivity contribution in [1.82, 2.24) is 19.7 Å². The summed E-state index contributed by atoms with van der Waals surface area (Å²) in [6.45, 7) is 2.65.